The van der Waals surface area contributed by atoms with Crippen molar-refractivity contribution in [1.29, 1.82) is 0 Å². The molecular formula is C20H14ClN3O3. The molecule has 134 valence electrons. The van der Waals surface area contributed by atoms with Crippen molar-refractivity contribution >= 4 is 29.7 Å². The van der Waals surface area contributed by atoms with Crippen LogP contribution in [0.15, 0.2) is 78.2 Å². The van der Waals surface area contributed by atoms with Gasteiger partial charge in [-0.2, -0.15) is 5.10 Å². The number of rotatable bonds is 5. The number of hydrazone groups is 1. The fourth-order valence-corrected chi connectivity index (χ4v) is 2.35. The summed E-state index contributed by atoms with van der Waals surface area (Å²) in [6.07, 6.45) is 4.51. The van der Waals surface area contributed by atoms with Crippen LogP contribution in [-0.4, -0.2) is 23.1 Å². The van der Waals surface area contributed by atoms with Gasteiger partial charge in [0.15, 0.2) is 0 Å². The first-order valence-corrected chi connectivity index (χ1v) is 8.31. The zero-order valence-electron chi connectivity index (χ0n) is 14.0. The Balaban J connectivity index is 1.58. The number of esters is 1. The molecule has 2 aromatic carbocycles. The van der Waals surface area contributed by atoms with Gasteiger partial charge in [-0.05, 0) is 54.1 Å². The Morgan fingerprint density at radius 2 is 1.81 bits per heavy atom. The van der Waals surface area contributed by atoms with Crippen LogP contribution in [0.25, 0.3) is 0 Å². The maximum absolute atomic E-state index is 12.1. The van der Waals surface area contributed by atoms with Crippen molar-refractivity contribution in [3.8, 4) is 5.75 Å². The lowest BCUT2D eigenvalue weighted by Crippen LogP contribution is -2.17. The Bertz CT molecular complexity index is 973. The topological polar surface area (TPSA) is 80.6 Å². The third-order valence-electron chi connectivity index (χ3n) is 3.49. The molecular weight excluding hydrogens is 366 g/mol. The molecule has 1 aromatic heterocycles. The quantitative estimate of drug-likeness (QED) is 0.317. The molecule has 0 saturated carbocycles. The third kappa shape index (κ3) is 4.99. The Morgan fingerprint density at radius 1 is 1.04 bits per heavy atom. The van der Waals surface area contributed by atoms with E-state index in [1.165, 1.54) is 12.4 Å². The highest BCUT2D eigenvalue weighted by Crippen LogP contribution is 2.18. The van der Waals surface area contributed by atoms with E-state index >= 15 is 0 Å². The molecule has 3 rings (SSSR count). The molecule has 0 atom stereocenters. The van der Waals surface area contributed by atoms with Gasteiger partial charge >= 0.3 is 5.97 Å². The number of pyridine rings is 1. The van der Waals surface area contributed by atoms with Gasteiger partial charge in [0.1, 0.15) is 5.75 Å². The van der Waals surface area contributed by atoms with Crippen LogP contribution in [0.3, 0.4) is 0 Å². The van der Waals surface area contributed by atoms with Crippen LogP contribution in [0.2, 0.25) is 5.02 Å². The summed E-state index contributed by atoms with van der Waals surface area (Å²) in [6.45, 7) is 0. The summed E-state index contributed by atoms with van der Waals surface area (Å²) < 4.78 is 5.29. The molecule has 27 heavy (non-hydrogen) atoms. The first-order valence-electron chi connectivity index (χ1n) is 7.94. The summed E-state index contributed by atoms with van der Waals surface area (Å²) in [7, 11) is 0. The van der Waals surface area contributed by atoms with Gasteiger partial charge in [-0.25, -0.2) is 10.2 Å². The Labute approximate surface area is 160 Å². The smallest absolute Gasteiger partial charge is 0.345 e. The zero-order valence-corrected chi connectivity index (χ0v) is 14.8. The summed E-state index contributed by atoms with van der Waals surface area (Å²) in [4.78, 5) is 27.8. The number of aromatic nitrogens is 1. The van der Waals surface area contributed by atoms with Crippen molar-refractivity contribution in [2.24, 2.45) is 5.10 Å². The Kier molecular flexibility index (Phi) is 5.91. The standard InChI is InChI=1S/C20H14ClN3O3/c21-18-6-2-1-5-17(18)20(26)27-16-9-7-14(8-10-16)12-23-24-19(25)15-4-3-11-22-13-15/h1-13H,(H,24,25)/b23-12-. The van der Waals surface area contributed by atoms with E-state index in [4.69, 9.17) is 16.3 Å². The molecule has 1 N–H and O–H groups in total. The first kappa shape index (κ1) is 18.3. The molecule has 0 saturated heterocycles. The lowest BCUT2D eigenvalue weighted by atomic mass is 10.2. The normalized spacial score (nSPS) is 10.6. The van der Waals surface area contributed by atoms with Gasteiger partial charge in [0.2, 0.25) is 0 Å². The lowest BCUT2D eigenvalue weighted by Gasteiger charge is -2.05. The van der Waals surface area contributed by atoms with Gasteiger partial charge in [-0.3, -0.25) is 9.78 Å². The van der Waals surface area contributed by atoms with Gasteiger partial charge in [0, 0.05) is 12.4 Å². The molecule has 1 amide bonds. The van der Waals surface area contributed by atoms with Crippen LogP contribution in [0, 0.1) is 0 Å². The molecule has 0 bridgehead atoms. The molecule has 6 nitrogen and oxygen atoms in total. The van der Waals surface area contributed by atoms with Crippen molar-refractivity contribution in [1.82, 2.24) is 10.4 Å². The average molecular weight is 380 g/mol. The predicted molar refractivity (Wildman–Crippen MR) is 102 cm³/mol. The molecule has 0 aliphatic rings. The van der Waals surface area contributed by atoms with E-state index in [2.05, 4.69) is 15.5 Å². The van der Waals surface area contributed by atoms with E-state index in [-0.39, 0.29) is 5.91 Å². The molecule has 0 spiro atoms. The SMILES string of the molecule is O=C(N/N=C\c1ccc(OC(=O)c2ccccc2Cl)cc1)c1cccnc1. The largest absolute Gasteiger partial charge is 0.423 e. The summed E-state index contributed by atoms with van der Waals surface area (Å²) in [5.41, 5.74) is 3.84. The number of benzene rings is 2. The van der Waals surface area contributed by atoms with Gasteiger partial charge in [-0.15, -0.1) is 0 Å². The summed E-state index contributed by atoms with van der Waals surface area (Å²) in [6, 6.07) is 16.6. The van der Waals surface area contributed by atoms with Crippen LogP contribution < -0.4 is 10.2 Å². The molecule has 0 aliphatic carbocycles. The van der Waals surface area contributed by atoms with Crippen molar-refractivity contribution < 1.29 is 14.3 Å². The van der Waals surface area contributed by atoms with Crippen molar-refractivity contribution in [2.45, 2.75) is 0 Å². The summed E-state index contributed by atoms with van der Waals surface area (Å²) >= 11 is 5.98. The van der Waals surface area contributed by atoms with E-state index < -0.39 is 5.97 Å². The average Bonchev–Trinajstić information content (AvgIpc) is 2.70. The fraction of sp³-hybridized carbons (Fsp3) is 0. The minimum absolute atomic E-state index is 0.294. The number of halogens is 1. The fourth-order valence-electron chi connectivity index (χ4n) is 2.14. The number of ether oxygens (including phenoxy) is 1. The molecule has 7 heteroatoms. The Morgan fingerprint density at radius 3 is 2.52 bits per heavy atom. The van der Waals surface area contributed by atoms with E-state index in [0.717, 1.165) is 5.56 Å². The molecule has 0 unspecified atom stereocenters. The lowest BCUT2D eigenvalue weighted by molar-refractivity contribution is 0.0734. The van der Waals surface area contributed by atoms with Crippen LogP contribution in [-0.2, 0) is 0 Å². The van der Waals surface area contributed by atoms with Crippen LogP contribution >= 0.6 is 11.6 Å². The van der Waals surface area contributed by atoms with Gasteiger partial charge in [0.25, 0.3) is 5.91 Å². The number of hydrogen-bond donors (Lipinski definition) is 1. The summed E-state index contributed by atoms with van der Waals surface area (Å²) in [5, 5.41) is 4.22. The maximum atomic E-state index is 12.1. The second-order valence-corrected chi connectivity index (χ2v) is 5.79. The highest BCUT2D eigenvalue weighted by Gasteiger charge is 2.11. The second kappa shape index (κ2) is 8.73. The number of carbonyl (C=O) groups excluding carboxylic acids is 2. The maximum Gasteiger partial charge on any atom is 0.345 e. The zero-order chi connectivity index (χ0) is 19.1. The van der Waals surface area contributed by atoms with E-state index in [1.54, 1.807) is 66.9 Å². The number of amides is 1. The van der Waals surface area contributed by atoms with Crippen molar-refractivity contribution in [2.75, 3.05) is 0 Å². The first-order chi connectivity index (χ1) is 13.1. The number of carbonyl (C=O) groups is 2. The van der Waals surface area contributed by atoms with Gasteiger partial charge < -0.3 is 4.74 Å². The second-order valence-electron chi connectivity index (χ2n) is 5.38. The van der Waals surface area contributed by atoms with Gasteiger partial charge in [-0.1, -0.05) is 23.7 Å². The third-order valence-corrected chi connectivity index (χ3v) is 3.82. The predicted octanol–water partition coefficient (Wildman–Crippen LogP) is 3.72. The Hall–Kier alpha value is -3.51. The number of hydrogen-bond acceptors (Lipinski definition) is 5. The number of nitrogens with one attached hydrogen (secondary N) is 1. The summed E-state index contributed by atoms with van der Waals surface area (Å²) in [5.74, 6) is -0.521. The number of nitrogens with zero attached hydrogens (tertiary/aromatic N) is 2. The molecule has 1 heterocycles. The minimum Gasteiger partial charge on any atom is -0.423 e. The van der Waals surface area contributed by atoms with E-state index in [9.17, 15) is 9.59 Å². The van der Waals surface area contributed by atoms with Crippen molar-refractivity contribution in [3.05, 3.63) is 94.8 Å². The highest BCUT2D eigenvalue weighted by molar-refractivity contribution is 6.33. The van der Waals surface area contributed by atoms with E-state index in [1.807, 2.05) is 0 Å². The monoisotopic (exact) mass is 379 g/mol. The van der Waals surface area contributed by atoms with Crippen molar-refractivity contribution in [3.63, 3.8) is 0 Å². The van der Waals surface area contributed by atoms with E-state index in [0.29, 0.717) is 21.9 Å². The van der Waals surface area contributed by atoms with Gasteiger partial charge in [0.05, 0.1) is 22.4 Å². The molecule has 0 radical (unpaired) electrons. The van der Waals surface area contributed by atoms with Crippen LogP contribution in [0.4, 0.5) is 0 Å². The highest BCUT2D eigenvalue weighted by atomic mass is 35.5. The molecule has 0 aliphatic heterocycles. The minimum atomic E-state index is -0.536. The molecule has 3 aromatic rings. The van der Waals surface area contributed by atoms with Crippen LogP contribution in [0.5, 0.6) is 5.75 Å². The van der Waals surface area contributed by atoms with Crippen LogP contribution in [0.1, 0.15) is 26.3 Å². The molecule has 0 fully saturated rings.